The van der Waals surface area contributed by atoms with Gasteiger partial charge in [0.25, 0.3) is 5.91 Å². The topological polar surface area (TPSA) is 46.9 Å². The lowest BCUT2D eigenvalue weighted by Gasteiger charge is -2.11. The molecule has 1 aromatic heterocycles. The van der Waals surface area contributed by atoms with Gasteiger partial charge in [-0.05, 0) is 37.8 Å². The van der Waals surface area contributed by atoms with Gasteiger partial charge in [-0.1, -0.05) is 18.2 Å². The third-order valence-corrected chi connectivity index (χ3v) is 3.55. The monoisotopic (exact) mass is 255 g/mol. The first-order valence-corrected chi connectivity index (χ1v) is 6.65. The SMILES string of the molecule is C[C@H](NC(=O)c1cnn(-c2ccccc2)c1)C1CC1. The van der Waals surface area contributed by atoms with E-state index in [1.54, 1.807) is 17.1 Å². The Balaban J connectivity index is 1.72. The van der Waals surface area contributed by atoms with Gasteiger partial charge in [-0.15, -0.1) is 0 Å². The van der Waals surface area contributed by atoms with Crippen molar-refractivity contribution in [3.8, 4) is 5.69 Å². The minimum atomic E-state index is -0.0402. The smallest absolute Gasteiger partial charge is 0.254 e. The van der Waals surface area contributed by atoms with Crippen molar-refractivity contribution in [1.82, 2.24) is 15.1 Å². The number of hydrogen-bond acceptors (Lipinski definition) is 2. The van der Waals surface area contributed by atoms with E-state index in [2.05, 4.69) is 17.3 Å². The van der Waals surface area contributed by atoms with E-state index in [0.29, 0.717) is 11.5 Å². The minimum absolute atomic E-state index is 0.0402. The molecule has 4 heteroatoms. The van der Waals surface area contributed by atoms with Crippen molar-refractivity contribution in [2.75, 3.05) is 0 Å². The van der Waals surface area contributed by atoms with E-state index in [9.17, 15) is 4.79 Å². The summed E-state index contributed by atoms with van der Waals surface area (Å²) in [6.07, 6.45) is 5.84. The summed E-state index contributed by atoms with van der Waals surface area (Å²) in [5.74, 6) is 0.620. The molecule has 98 valence electrons. The van der Waals surface area contributed by atoms with Crippen LogP contribution >= 0.6 is 0 Å². The van der Waals surface area contributed by atoms with E-state index in [0.717, 1.165) is 5.69 Å². The van der Waals surface area contributed by atoms with Crippen LogP contribution in [0.15, 0.2) is 42.7 Å². The number of para-hydroxylation sites is 1. The number of carbonyl (C=O) groups excluding carboxylic acids is 1. The number of amides is 1. The molecule has 0 bridgehead atoms. The number of carbonyl (C=O) groups is 1. The summed E-state index contributed by atoms with van der Waals surface area (Å²) >= 11 is 0. The minimum Gasteiger partial charge on any atom is -0.349 e. The highest BCUT2D eigenvalue weighted by atomic mass is 16.1. The zero-order chi connectivity index (χ0) is 13.2. The highest BCUT2D eigenvalue weighted by Gasteiger charge is 2.29. The van der Waals surface area contributed by atoms with Crippen molar-refractivity contribution >= 4 is 5.91 Å². The maximum Gasteiger partial charge on any atom is 0.254 e. The second kappa shape index (κ2) is 4.88. The molecule has 1 fully saturated rings. The van der Waals surface area contributed by atoms with Crippen LogP contribution in [0.5, 0.6) is 0 Å². The molecule has 1 aliphatic rings. The van der Waals surface area contributed by atoms with Crippen molar-refractivity contribution in [1.29, 1.82) is 0 Å². The van der Waals surface area contributed by atoms with Crippen molar-refractivity contribution in [2.45, 2.75) is 25.8 Å². The Morgan fingerprint density at radius 1 is 1.37 bits per heavy atom. The Kier molecular flexibility index (Phi) is 3.07. The van der Waals surface area contributed by atoms with E-state index in [-0.39, 0.29) is 11.9 Å². The summed E-state index contributed by atoms with van der Waals surface area (Å²) in [5, 5.41) is 7.26. The van der Waals surface area contributed by atoms with Crippen LogP contribution < -0.4 is 5.32 Å². The molecule has 19 heavy (non-hydrogen) atoms. The van der Waals surface area contributed by atoms with E-state index in [1.807, 2.05) is 30.3 Å². The lowest BCUT2D eigenvalue weighted by atomic mass is 10.2. The molecule has 0 aliphatic heterocycles. The number of aromatic nitrogens is 2. The molecule has 0 radical (unpaired) electrons. The summed E-state index contributed by atoms with van der Waals surface area (Å²) in [5.41, 5.74) is 1.56. The molecule has 2 aromatic rings. The fourth-order valence-electron chi connectivity index (χ4n) is 2.17. The molecule has 1 heterocycles. The molecule has 1 amide bonds. The van der Waals surface area contributed by atoms with Gasteiger partial charge in [0.1, 0.15) is 0 Å². The van der Waals surface area contributed by atoms with Gasteiger partial charge in [0, 0.05) is 12.2 Å². The summed E-state index contributed by atoms with van der Waals surface area (Å²) in [6, 6.07) is 10.0. The number of rotatable bonds is 4. The predicted octanol–water partition coefficient (Wildman–Crippen LogP) is 2.40. The maximum atomic E-state index is 12.1. The highest BCUT2D eigenvalue weighted by Crippen LogP contribution is 2.32. The molecule has 3 rings (SSSR count). The van der Waals surface area contributed by atoms with Crippen LogP contribution in [0.3, 0.4) is 0 Å². The number of nitrogens with one attached hydrogen (secondary N) is 1. The van der Waals surface area contributed by atoms with Crippen molar-refractivity contribution in [3.63, 3.8) is 0 Å². The number of hydrogen-bond donors (Lipinski definition) is 1. The van der Waals surface area contributed by atoms with E-state index < -0.39 is 0 Å². The van der Waals surface area contributed by atoms with Crippen LogP contribution in [0, 0.1) is 5.92 Å². The standard InChI is InChI=1S/C15H17N3O/c1-11(12-7-8-12)17-15(19)13-9-16-18(10-13)14-5-3-2-4-6-14/h2-6,9-12H,7-8H2,1H3,(H,17,19)/t11-/m0/s1. The molecule has 0 spiro atoms. The lowest BCUT2D eigenvalue weighted by molar-refractivity contribution is 0.0936. The maximum absolute atomic E-state index is 12.1. The average molecular weight is 255 g/mol. The van der Waals surface area contributed by atoms with Gasteiger partial charge in [0.05, 0.1) is 17.4 Å². The quantitative estimate of drug-likeness (QED) is 0.912. The van der Waals surface area contributed by atoms with Gasteiger partial charge in [-0.3, -0.25) is 4.79 Å². The summed E-state index contributed by atoms with van der Waals surface area (Å²) in [7, 11) is 0. The Morgan fingerprint density at radius 3 is 2.79 bits per heavy atom. The van der Waals surface area contributed by atoms with Gasteiger partial charge in [0.2, 0.25) is 0 Å². The first-order valence-electron chi connectivity index (χ1n) is 6.65. The molecule has 1 aliphatic carbocycles. The zero-order valence-corrected chi connectivity index (χ0v) is 10.9. The second-order valence-electron chi connectivity index (χ2n) is 5.11. The molecule has 0 unspecified atom stereocenters. The first-order chi connectivity index (χ1) is 9.24. The molecule has 1 aromatic carbocycles. The normalized spacial score (nSPS) is 16.1. The lowest BCUT2D eigenvalue weighted by Crippen LogP contribution is -2.33. The first kappa shape index (κ1) is 12.0. The van der Waals surface area contributed by atoms with E-state index in [4.69, 9.17) is 0 Å². The van der Waals surface area contributed by atoms with Crippen molar-refractivity contribution in [3.05, 3.63) is 48.3 Å². The molecule has 4 nitrogen and oxygen atoms in total. The van der Waals surface area contributed by atoms with E-state index in [1.165, 1.54) is 12.8 Å². The van der Waals surface area contributed by atoms with Crippen molar-refractivity contribution in [2.24, 2.45) is 5.92 Å². The summed E-state index contributed by atoms with van der Waals surface area (Å²) in [6.45, 7) is 2.07. The molecule has 0 saturated heterocycles. The molecular formula is C15H17N3O. The van der Waals surface area contributed by atoms with Crippen LogP contribution in [0.25, 0.3) is 5.69 Å². The fourth-order valence-corrected chi connectivity index (χ4v) is 2.17. The third kappa shape index (κ3) is 2.67. The van der Waals surface area contributed by atoms with Gasteiger partial charge in [0.15, 0.2) is 0 Å². The number of nitrogens with zero attached hydrogens (tertiary/aromatic N) is 2. The molecular weight excluding hydrogens is 238 g/mol. The Hall–Kier alpha value is -2.10. The van der Waals surface area contributed by atoms with Crippen LogP contribution in [-0.2, 0) is 0 Å². The van der Waals surface area contributed by atoms with Gasteiger partial charge in [-0.25, -0.2) is 4.68 Å². The predicted molar refractivity (Wildman–Crippen MR) is 73.2 cm³/mol. The van der Waals surface area contributed by atoms with Crippen LogP contribution in [-0.4, -0.2) is 21.7 Å². The van der Waals surface area contributed by atoms with Gasteiger partial charge >= 0.3 is 0 Å². The second-order valence-corrected chi connectivity index (χ2v) is 5.11. The van der Waals surface area contributed by atoms with Crippen LogP contribution in [0.4, 0.5) is 0 Å². The highest BCUT2D eigenvalue weighted by molar-refractivity contribution is 5.94. The van der Waals surface area contributed by atoms with Crippen LogP contribution in [0.1, 0.15) is 30.1 Å². The van der Waals surface area contributed by atoms with Crippen molar-refractivity contribution < 1.29 is 4.79 Å². The average Bonchev–Trinajstić information content (AvgIpc) is 3.17. The Morgan fingerprint density at radius 2 is 2.11 bits per heavy atom. The summed E-state index contributed by atoms with van der Waals surface area (Å²) < 4.78 is 1.72. The van der Waals surface area contributed by atoms with Gasteiger partial charge in [-0.2, -0.15) is 5.10 Å². The molecule has 1 N–H and O–H groups in total. The molecule has 1 saturated carbocycles. The zero-order valence-electron chi connectivity index (χ0n) is 10.9. The fraction of sp³-hybridized carbons (Fsp3) is 0.333. The number of benzene rings is 1. The molecule has 1 atom stereocenters. The third-order valence-electron chi connectivity index (χ3n) is 3.55. The summed E-state index contributed by atoms with van der Waals surface area (Å²) in [4.78, 5) is 12.1. The Labute approximate surface area is 112 Å². The van der Waals surface area contributed by atoms with E-state index >= 15 is 0 Å². The van der Waals surface area contributed by atoms with Crippen LogP contribution in [0.2, 0.25) is 0 Å². The Bertz CT molecular complexity index is 572. The largest absolute Gasteiger partial charge is 0.349 e. The van der Waals surface area contributed by atoms with Gasteiger partial charge < -0.3 is 5.32 Å².